The lowest BCUT2D eigenvalue weighted by molar-refractivity contribution is 0.816. The quantitative estimate of drug-likeness (QED) is 0.901. The highest BCUT2D eigenvalue weighted by atomic mass is 32.1. The van der Waals surface area contributed by atoms with Gasteiger partial charge >= 0.3 is 0 Å². The molecule has 0 aliphatic heterocycles. The molecule has 0 aromatic carbocycles. The number of nitrogens with zero attached hydrogens (tertiary/aromatic N) is 2. The molecule has 2 rings (SSSR count). The van der Waals surface area contributed by atoms with Crippen molar-refractivity contribution in [2.24, 2.45) is 0 Å². The first kappa shape index (κ1) is 13.0. The maximum Gasteiger partial charge on any atom is 0.183 e. The van der Waals surface area contributed by atoms with Crippen molar-refractivity contribution >= 4 is 16.5 Å². The van der Waals surface area contributed by atoms with Crippen LogP contribution in [-0.4, -0.2) is 16.5 Å². The summed E-state index contributed by atoms with van der Waals surface area (Å²) in [5.74, 6) is 0.463. The Morgan fingerprint density at radius 3 is 2.67 bits per heavy atom. The van der Waals surface area contributed by atoms with Crippen LogP contribution in [0.4, 0.5) is 5.13 Å². The molecule has 1 N–H and O–H groups in total. The van der Waals surface area contributed by atoms with Gasteiger partial charge < -0.3 is 5.32 Å². The molecule has 0 spiro atoms. The Balaban J connectivity index is 2.32. The van der Waals surface area contributed by atoms with E-state index in [2.05, 4.69) is 53.6 Å². The van der Waals surface area contributed by atoms with Crippen molar-refractivity contribution in [2.45, 2.75) is 33.6 Å². The van der Waals surface area contributed by atoms with Crippen LogP contribution >= 0.6 is 11.3 Å². The number of thiazole rings is 1. The normalized spacial score (nSPS) is 10.9. The van der Waals surface area contributed by atoms with Crippen LogP contribution in [0, 0.1) is 6.92 Å². The van der Waals surface area contributed by atoms with E-state index in [4.69, 9.17) is 0 Å². The fourth-order valence-corrected chi connectivity index (χ4v) is 2.58. The van der Waals surface area contributed by atoms with Gasteiger partial charge in [-0.3, -0.25) is 4.98 Å². The molecular weight excluding hydrogens is 242 g/mol. The third kappa shape index (κ3) is 2.70. The van der Waals surface area contributed by atoms with Gasteiger partial charge in [-0.1, -0.05) is 13.8 Å². The standard InChI is InChI=1S/C14H19N3S/c1-5-15-14-17-13(8-18-14)11-6-7-12(9(2)3)16-10(11)4/h6-9H,5H2,1-4H3,(H,15,17). The molecule has 18 heavy (non-hydrogen) atoms. The maximum atomic E-state index is 4.65. The van der Waals surface area contributed by atoms with Crippen molar-refractivity contribution < 1.29 is 0 Å². The molecule has 0 atom stereocenters. The van der Waals surface area contributed by atoms with E-state index in [1.807, 2.05) is 6.92 Å². The smallest absolute Gasteiger partial charge is 0.183 e. The average molecular weight is 261 g/mol. The van der Waals surface area contributed by atoms with E-state index in [9.17, 15) is 0 Å². The van der Waals surface area contributed by atoms with E-state index in [0.29, 0.717) is 5.92 Å². The highest BCUT2D eigenvalue weighted by molar-refractivity contribution is 7.14. The van der Waals surface area contributed by atoms with Crippen molar-refractivity contribution in [1.29, 1.82) is 0 Å². The first-order valence-corrected chi connectivity index (χ1v) is 7.17. The van der Waals surface area contributed by atoms with Crippen LogP contribution in [0.25, 0.3) is 11.3 Å². The third-order valence-electron chi connectivity index (χ3n) is 2.81. The molecule has 0 amide bonds. The van der Waals surface area contributed by atoms with E-state index in [0.717, 1.165) is 34.3 Å². The van der Waals surface area contributed by atoms with E-state index < -0.39 is 0 Å². The Labute approximate surface area is 112 Å². The Bertz CT molecular complexity index is 532. The topological polar surface area (TPSA) is 37.8 Å². The largest absolute Gasteiger partial charge is 0.362 e. The summed E-state index contributed by atoms with van der Waals surface area (Å²) in [4.78, 5) is 9.22. The molecule has 0 bridgehead atoms. The summed E-state index contributed by atoms with van der Waals surface area (Å²) >= 11 is 1.64. The molecule has 0 unspecified atom stereocenters. The second-order valence-corrected chi connectivity index (χ2v) is 5.45. The van der Waals surface area contributed by atoms with Crippen LogP contribution in [0.1, 0.15) is 38.1 Å². The van der Waals surface area contributed by atoms with Crippen LogP contribution in [0.5, 0.6) is 0 Å². The second kappa shape index (κ2) is 5.48. The van der Waals surface area contributed by atoms with Gasteiger partial charge in [0, 0.05) is 28.9 Å². The highest BCUT2D eigenvalue weighted by Gasteiger charge is 2.09. The summed E-state index contributed by atoms with van der Waals surface area (Å²) in [6.07, 6.45) is 0. The van der Waals surface area contributed by atoms with Gasteiger partial charge in [0.2, 0.25) is 0 Å². The molecule has 0 fully saturated rings. The van der Waals surface area contributed by atoms with Crippen LogP contribution in [0.2, 0.25) is 0 Å². The Hall–Kier alpha value is -1.42. The summed E-state index contributed by atoms with van der Waals surface area (Å²) in [6.45, 7) is 9.34. The zero-order valence-corrected chi connectivity index (χ0v) is 12.1. The predicted molar refractivity (Wildman–Crippen MR) is 78.3 cm³/mol. The Morgan fingerprint density at radius 2 is 2.06 bits per heavy atom. The van der Waals surface area contributed by atoms with E-state index in [1.54, 1.807) is 11.3 Å². The zero-order valence-electron chi connectivity index (χ0n) is 11.3. The number of rotatable bonds is 4. The monoisotopic (exact) mass is 261 g/mol. The number of hydrogen-bond donors (Lipinski definition) is 1. The minimum atomic E-state index is 0.463. The number of pyridine rings is 1. The first-order chi connectivity index (χ1) is 8.61. The molecule has 0 radical (unpaired) electrons. The van der Waals surface area contributed by atoms with Crippen LogP contribution in [0.15, 0.2) is 17.5 Å². The van der Waals surface area contributed by atoms with Crippen molar-refractivity contribution in [3.63, 3.8) is 0 Å². The molecular formula is C14H19N3S. The molecule has 0 aliphatic rings. The van der Waals surface area contributed by atoms with Gasteiger partial charge in [-0.05, 0) is 31.9 Å². The van der Waals surface area contributed by atoms with Gasteiger partial charge in [0.1, 0.15) is 0 Å². The lowest BCUT2D eigenvalue weighted by Crippen LogP contribution is -1.97. The van der Waals surface area contributed by atoms with Gasteiger partial charge in [0.25, 0.3) is 0 Å². The molecule has 2 heterocycles. The van der Waals surface area contributed by atoms with Gasteiger partial charge in [-0.2, -0.15) is 0 Å². The van der Waals surface area contributed by atoms with Crippen LogP contribution in [-0.2, 0) is 0 Å². The van der Waals surface area contributed by atoms with E-state index >= 15 is 0 Å². The van der Waals surface area contributed by atoms with E-state index in [-0.39, 0.29) is 0 Å². The fourth-order valence-electron chi connectivity index (χ4n) is 1.80. The number of hydrogen-bond acceptors (Lipinski definition) is 4. The number of nitrogens with one attached hydrogen (secondary N) is 1. The lowest BCUT2D eigenvalue weighted by Gasteiger charge is -2.08. The summed E-state index contributed by atoms with van der Waals surface area (Å²) in [7, 11) is 0. The molecule has 2 aromatic heterocycles. The van der Waals surface area contributed by atoms with Crippen molar-refractivity contribution in [2.75, 3.05) is 11.9 Å². The van der Waals surface area contributed by atoms with Gasteiger partial charge in [-0.15, -0.1) is 11.3 Å². The Morgan fingerprint density at radius 1 is 1.28 bits per heavy atom. The van der Waals surface area contributed by atoms with Crippen molar-refractivity contribution in [3.8, 4) is 11.3 Å². The zero-order chi connectivity index (χ0) is 13.1. The molecule has 2 aromatic rings. The summed E-state index contributed by atoms with van der Waals surface area (Å²) in [5.41, 5.74) is 4.32. The SMILES string of the molecule is CCNc1nc(-c2ccc(C(C)C)nc2C)cs1. The molecule has 0 saturated carbocycles. The third-order valence-corrected chi connectivity index (χ3v) is 3.61. The minimum absolute atomic E-state index is 0.463. The summed E-state index contributed by atoms with van der Waals surface area (Å²) in [6, 6.07) is 4.22. The van der Waals surface area contributed by atoms with E-state index in [1.165, 1.54) is 0 Å². The number of aryl methyl sites for hydroxylation is 1. The molecule has 96 valence electrons. The van der Waals surface area contributed by atoms with Crippen LogP contribution < -0.4 is 5.32 Å². The predicted octanol–water partition coefficient (Wildman–Crippen LogP) is 4.07. The number of anilines is 1. The average Bonchev–Trinajstić information content (AvgIpc) is 2.77. The van der Waals surface area contributed by atoms with Gasteiger partial charge in [0.15, 0.2) is 5.13 Å². The fraction of sp³-hybridized carbons (Fsp3) is 0.429. The van der Waals surface area contributed by atoms with Crippen LogP contribution in [0.3, 0.4) is 0 Å². The highest BCUT2D eigenvalue weighted by Crippen LogP contribution is 2.27. The summed E-state index contributed by atoms with van der Waals surface area (Å²) < 4.78 is 0. The summed E-state index contributed by atoms with van der Waals surface area (Å²) in [5, 5.41) is 6.29. The molecule has 0 aliphatic carbocycles. The number of aromatic nitrogens is 2. The van der Waals surface area contributed by atoms with Gasteiger partial charge in [-0.25, -0.2) is 4.98 Å². The lowest BCUT2D eigenvalue weighted by atomic mass is 10.1. The first-order valence-electron chi connectivity index (χ1n) is 6.29. The van der Waals surface area contributed by atoms with Gasteiger partial charge in [0.05, 0.1) is 5.69 Å². The molecule has 0 saturated heterocycles. The molecule has 4 heteroatoms. The maximum absolute atomic E-state index is 4.65. The molecule has 3 nitrogen and oxygen atoms in total. The minimum Gasteiger partial charge on any atom is -0.362 e. The Kier molecular flexibility index (Phi) is 3.97. The van der Waals surface area contributed by atoms with Crippen molar-refractivity contribution in [1.82, 2.24) is 9.97 Å². The van der Waals surface area contributed by atoms with Crippen molar-refractivity contribution in [3.05, 3.63) is 28.9 Å². The second-order valence-electron chi connectivity index (χ2n) is 4.59.